The Bertz CT molecular complexity index is 795. The largest absolute Gasteiger partial charge is 0.484 e. The van der Waals surface area contributed by atoms with Crippen LogP contribution in [-0.4, -0.2) is 62.2 Å². The number of ether oxygens (including phenoxy) is 1. The molecule has 0 saturated carbocycles. The van der Waals surface area contributed by atoms with Gasteiger partial charge in [-0.3, -0.25) is 9.59 Å². The van der Waals surface area contributed by atoms with Crippen molar-refractivity contribution in [2.75, 3.05) is 32.8 Å². The highest BCUT2D eigenvalue weighted by Gasteiger charge is 2.27. The van der Waals surface area contributed by atoms with Crippen LogP contribution in [0.5, 0.6) is 5.75 Å². The zero-order chi connectivity index (χ0) is 20.1. The quantitative estimate of drug-likeness (QED) is 0.753. The Labute approximate surface area is 165 Å². The molecule has 0 unspecified atom stereocenters. The molecule has 9 heteroatoms. The fourth-order valence-electron chi connectivity index (χ4n) is 3.61. The molecule has 2 amide bonds. The maximum atomic E-state index is 12.6. The van der Waals surface area contributed by atoms with Gasteiger partial charge in [0.25, 0.3) is 5.91 Å². The van der Waals surface area contributed by atoms with Gasteiger partial charge in [-0.15, -0.1) is 0 Å². The van der Waals surface area contributed by atoms with Gasteiger partial charge in [-0.2, -0.15) is 4.31 Å². The minimum absolute atomic E-state index is 0.126. The molecule has 2 heterocycles. The topological polar surface area (TPSA) is 110 Å². The number of sulfonamides is 1. The van der Waals surface area contributed by atoms with E-state index in [2.05, 4.69) is 0 Å². The van der Waals surface area contributed by atoms with Gasteiger partial charge in [0.2, 0.25) is 15.9 Å². The number of hydrogen-bond donors (Lipinski definition) is 1. The molecule has 8 nitrogen and oxygen atoms in total. The zero-order valence-corrected chi connectivity index (χ0v) is 16.7. The molecular formula is C19H27N3O5S. The van der Waals surface area contributed by atoms with Crippen LogP contribution in [0.25, 0.3) is 0 Å². The van der Waals surface area contributed by atoms with Crippen LogP contribution in [0, 0.1) is 5.92 Å². The summed E-state index contributed by atoms with van der Waals surface area (Å²) in [5.41, 5.74) is 5.30. The average molecular weight is 410 g/mol. The zero-order valence-electron chi connectivity index (χ0n) is 15.9. The maximum Gasteiger partial charge on any atom is 0.260 e. The molecule has 0 spiro atoms. The van der Waals surface area contributed by atoms with Crippen LogP contribution in [-0.2, 0) is 19.6 Å². The third-order valence-electron chi connectivity index (χ3n) is 5.39. The minimum Gasteiger partial charge on any atom is -0.484 e. The number of rotatable bonds is 6. The molecule has 2 aliphatic rings. The molecule has 154 valence electrons. The second-order valence-electron chi connectivity index (χ2n) is 7.28. The number of amides is 2. The lowest BCUT2D eigenvalue weighted by Crippen LogP contribution is -2.43. The van der Waals surface area contributed by atoms with Crippen molar-refractivity contribution in [2.45, 2.75) is 37.0 Å². The number of nitrogens with two attached hydrogens (primary N) is 1. The van der Waals surface area contributed by atoms with E-state index in [1.54, 1.807) is 17.0 Å². The number of piperidine rings is 2. The number of carbonyl (C=O) groups is 2. The molecule has 2 fully saturated rings. The molecule has 0 radical (unpaired) electrons. The van der Waals surface area contributed by atoms with Crippen molar-refractivity contribution in [3.05, 3.63) is 24.3 Å². The molecule has 0 aliphatic carbocycles. The second kappa shape index (κ2) is 8.91. The molecular weight excluding hydrogens is 382 g/mol. The fourth-order valence-corrected chi connectivity index (χ4v) is 5.13. The predicted octanol–water partition coefficient (Wildman–Crippen LogP) is 0.964. The van der Waals surface area contributed by atoms with Gasteiger partial charge in [-0.05, 0) is 49.9 Å². The molecule has 1 aromatic carbocycles. The van der Waals surface area contributed by atoms with E-state index >= 15 is 0 Å². The molecule has 1 aromatic rings. The van der Waals surface area contributed by atoms with Crippen LogP contribution in [0.15, 0.2) is 29.2 Å². The van der Waals surface area contributed by atoms with Crippen molar-refractivity contribution in [2.24, 2.45) is 11.7 Å². The lowest BCUT2D eigenvalue weighted by Gasteiger charge is -2.30. The number of primary amides is 1. The Hall–Kier alpha value is -2.13. The van der Waals surface area contributed by atoms with Crippen molar-refractivity contribution < 1.29 is 22.7 Å². The standard InChI is InChI=1S/C19H27N3O5S/c20-19(24)15-8-12-21(13-9-15)18(23)14-27-16-4-6-17(7-5-16)28(25,26)22-10-2-1-3-11-22/h4-7,15H,1-3,8-14H2,(H2,20,24). The third-order valence-corrected chi connectivity index (χ3v) is 7.30. The Balaban J connectivity index is 1.52. The van der Waals surface area contributed by atoms with E-state index in [9.17, 15) is 18.0 Å². The predicted molar refractivity (Wildman–Crippen MR) is 103 cm³/mol. The van der Waals surface area contributed by atoms with Gasteiger partial charge < -0.3 is 15.4 Å². The average Bonchev–Trinajstić information content (AvgIpc) is 2.73. The summed E-state index contributed by atoms with van der Waals surface area (Å²) in [4.78, 5) is 25.4. The molecule has 0 bridgehead atoms. The van der Waals surface area contributed by atoms with Crippen molar-refractivity contribution in [1.82, 2.24) is 9.21 Å². The number of likely N-dealkylation sites (tertiary alicyclic amines) is 1. The summed E-state index contributed by atoms with van der Waals surface area (Å²) in [6.45, 7) is 1.97. The van der Waals surface area contributed by atoms with Gasteiger partial charge in [0.15, 0.2) is 6.61 Å². The van der Waals surface area contributed by atoms with Crippen LogP contribution in [0.2, 0.25) is 0 Å². The van der Waals surface area contributed by atoms with Crippen LogP contribution >= 0.6 is 0 Å². The second-order valence-corrected chi connectivity index (χ2v) is 9.22. The monoisotopic (exact) mass is 409 g/mol. The smallest absolute Gasteiger partial charge is 0.260 e. The van der Waals surface area contributed by atoms with E-state index in [-0.39, 0.29) is 29.2 Å². The highest BCUT2D eigenvalue weighted by Crippen LogP contribution is 2.23. The molecule has 0 aromatic heterocycles. The van der Waals surface area contributed by atoms with Crippen molar-refractivity contribution in [3.63, 3.8) is 0 Å². The third kappa shape index (κ3) is 4.82. The number of hydrogen-bond acceptors (Lipinski definition) is 5. The van der Waals surface area contributed by atoms with Crippen LogP contribution < -0.4 is 10.5 Å². The van der Waals surface area contributed by atoms with Gasteiger partial charge in [0, 0.05) is 32.1 Å². The molecule has 2 aliphatic heterocycles. The summed E-state index contributed by atoms with van der Waals surface area (Å²) in [6, 6.07) is 6.18. The van der Waals surface area contributed by atoms with E-state index in [1.165, 1.54) is 16.4 Å². The minimum atomic E-state index is -3.47. The summed E-state index contributed by atoms with van der Waals surface area (Å²) >= 11 is 0. The first kappa shape index (κ1) is 20.6. The van der Waals surface area contributed by atoms with Crippen molar-refractivity contribution in [3.8, 4) is 5.75 Å². The Morgan fingerprint density at radius 3 is 2.18 bits per heavy atom. The van der Waals surface area contributed by atoms with E-state index in [0.717, 1.165) is 19.3 Å². The van der Waals surface area contributed by atoms with Gasteiger partial charge in [0.1, 0.15) is 5.75 Å². The normalized spacial score (nSPS) is 19.4. The van der Waals surface area contributed by atoms with Crippen molar-refractivity contribution >= 4 is 21.8 Å². The highest BCUT2D eigenvalue weighted by atomic mass is 32.2. The Morgan fingerprint density at radius 1 is 1.00 bits per heavy atom. The van der Waals surface area contributed by atoms with Gasteiger partial charge in [-0.25, -0.2) is 8.42 Å². The molecule has 2 saturated heterocycles. The van der Waals surface area contributed by atoms with Crippen molar-refractivity contribution in [1.29, 1.82) is 0 Å². The highest BCUT2D eigenvalue weighted by molar-refractivity contribution is 7.89. The number of benzene rings is 1. The summed E-state index contributed by atoms with van der Waals surface area (Å²) < 4.78 is 32.3. The van der Waals surface area contributed by atoms with Crippen LogP contribution in [0.4, 0.5) is 0 Å². The maximum absolute atomic E-state index is 12.6. The Kier molecular flexibility index (Phi) is 6.56. The van der Waals surface area contributed by atoms with E-state index in [4.69, 9.17) is 10.5 Å². The first-order valence-electron chi connectivity index (χ1n) is 9.68. The van der Waals surface area contributed by atoms with E-state index < -0.39 is 10.0 Å². The van der Waals surface area contributed by atoms with E-state index in [1.807, 2.05) is 0 Å². The van der Waals surface area contributed by atoms with Gasteiger partial charge >= 0.3 is 0 Å². The van der Waals surface area contributed by atoms with Crippen LogP contribution in [0.3, 0.4) is 0 Å². The molecule has 3 rings (SSSR count). The number of nitrogens with zero attached hydrogens (tertiary/aromatic N) is 2. The van der Waals surface area contributed by atoms with Gasteiger partial charge in [-0.1, -0.05) is 6.42 Å². The summed E-state index contributed by atoms with van der Waals surface area (Å²) in [7, 11) is -3.47. The summed E-state index contributed by atoms with van der Waals surface area (Å²) in [5, 5.41) is 0. The number of carbonyl (C=O) groups excluding carboxylic acids is 2. The van der Waals surface area contributed by atoms with E-state index in [0.29, 0.717) is 44.8 Å². The molecule has 2 N–H and O–H groups in total. The summed E-state index contributed by atoms with van der Waals surface area (Å²) in [6.07, 6.45) is 3.99. The first-order chi connectivity index (χ1) is 13.4. The molecule has 28 heavy (non-hydrogen) atoms. The first-order valence-corrected chi connectivity index (χ1v) is 11.1. The summed E-state index contributed by atoms with van der Waals surface area (Å²) in [5.74, 6) is -0.201. The lowest BCUT2D eigenvalue weighted by molar-refractivity contribution is -0.136. The van der Waals surface area contributed by atoms with Gasteiger partial charge in [0.05, 0.1) is 4.90 Å². The lowest BCUT2D eigenvalue weighted by atomic mass is 9.96. The Morgan fingerprint density at radius 2 is 1.61 bits per heavy atom. The van der Waals surface area contributed by atoms with Crippen LogP contribution in [0.1, 0.15) is 32.1 Å². The molecule has 0 atom stereocenters. The SMILES string of the molecule is NC(=O)C1CCN(C(=O)COc2ccc(S(=O)(=O)N3CCCCC3)cc2)CC1. The fraction of sp³-hybridized carbons (Fsp3) is 0.579.